The molecule has 0 fully saturated rings. The largest absolute Gasteiger partial charge is 0.444 e. The van der Waals surface area contributed by atoms with Crippen LogP contribution in [-0.4, -0.2) is 47.0 Å². The highest BCUT2D eigenvalue weighted by Crippen LogP contribution is 2.29. The van der Waals surface area contributed by atoms with Crippen LogP contribution in [-0.2, 0) is 14.3 Å². The molecule has 2 N–H and O–H groups in total. The fourth-order valence-electron chi connectivity index (χ4n) is 4.26. The van der Waals surface area contributed by atoms with Crippen molar-refractivity contribution in [3.63, 3.8) is 0 Å². The molecule has 0 bridgehead atoms. The van der Waals surface area contributed by atoms with Gasteiger partial charge in [0.15, 0.2) is 0 Å². The van der Waals surface area contributed by atoms with Gasteiger partial charge in [0, 0.05) is 12.6 Å². The molecule has 1 rings (SSSR count). The molecule has 7 heteroatoms. The van der Waals surface area contributed by atoms with E-state index in [1.54, 1.807) is 25.7 Å². The van der Waals surface area contributed by atoms with Gasteiger partial charge in [-0.1, -0.05) is 64.7 Å². The number of carbonyl (C=O) groups is 3. The third kappa shape index (κ3) is 10.4. The second-order valence-electron chi connectivity index (χ2n) is 11.5. The lowest BCUT2D eigenvalue weighted by Crippen LogP contribution is -2.55. The van der Waals surface area contributed by atoms with Crippen LogP contribution >= 0.6 is 0 Å². The van der Waals surface area contributed by atoms with Crippen molar-refractivity contribution in [3.05, 3.63) is 34.9 Å². The van der Waals surface area contributed by atoms with Crippen LogP contribution in [0.1, 0.15) is 110 Å². The highest BCUT2D eigenvalue weighted by molar-refractivity contribution is 5.92. The van der Waals surface area contributed by atoms with Crippen molar-refractivity contribution in [1.29, 1.82) is 0 Å². The van der Waals surface area contributed by atoms with Crippen molar-refractivity contribution in [2.24, 2.45) is 5.92 Å². The van der Waals surface area contributed by atoms with E-state index in [2.05, 4.69) is 17.6 Å². The van der Waals surface area contributed by atoms with Crippen molar-refractivity contribution in [2.45, 2.75) is 125 Å². The number of alkyl carbamates (subject to hydrolysis) is 1. The minimum atomic E-state index is -0.814. The number of benzene rings is 1. The van der Waals surface area contributed by atoms with Crippen LogP contribution in [0.2, 0.25) is 0 Å². The lowest BCUT2D eigenvalue weighted by atomic mass is 9.92. The lowest BCUT2D eigenvalue weighted by Gasteiger charge is -2.37. The maximum Gasteiger partial charge on any atom is 0.408 e. The highest BCUT2D eigenvalue weighted by Gasteiger charge is 2.38. The smallest absolute Gasteiger partial charge is 0.408 e. The maximum absolute atomic E-state index is 14.3. The van der Waals surface area contributed by atoms with E-state index in [4.69, 9.17) is 4.74 Å². The molecule has 3 amide bonds. The molecule has 1 aromatic carbocycles. The summed E-state index contributed by atoms with van der Waals surface area (Å²) in [5.74, 6) is -0.625. The Morgan fingerprint density at radius 1 is 0.973 bits per heavy atom. The minimum Gasteiger partial charge on any atom is -0.444 e. The third-order valence-corrected chi connectivity index (χ3v) is 6.62. The van der Waals surface area contributed by atoms with Gasteiger partial charge in [0.2, 0.25) is 11.8 Å². The average molecular weight is 518 g/mol. The van der Waals surface area contributed by atoms with Gasteiger partial charge in [-0.25, -0.2) is 4.79 Å². The van der Waals surface area contributed by atoms with Gasteiger partial charge in [-0.3, -0.25) is 9.59 Å². The number of hydrogen-bond donors (Lipinski definition) is 2. The molecule has 7 nitrogen and oxygen atoms in total. The van der Waals surface area contributed by atoms with Crippen LogP contribution in [0.25, 0.3) is 0 Å². The fraction of sp³-hybridized carbons (Fsp3) is 0.700. The molecule has 37 heavy (non-hydrogen) atoms. The number of unbranched alkanes of at least 4 members (excludes halogenated alkanes) is 3. The lowest BCUT2D eigenvalue weighted by molar-refractivity contribution is -0.143. The minimum absolute atomic E-state index is 0.0811. The van der Waals surface area contributed by atoms with E-state index in [0.29, 0.717) is 13.0 Å². The Balaban J connectivity index is 3.58. The number of rotatable bonds is 13. The Kier molecular flexibility index (Phi) is 13.2. The number of nitrogens with one attached hydrogen (secondary N) is 2. The van der Waals surface area contributed by atoms with Crippen LogP contribution in [0.5, 0.6) is 0 Å². The first-order valence-corrected chi connectivity index (χ1v) is 13.9. The summed E-state index contributed by atoms with van der Waals surface area (Å²) in [6.07, 6.45) is 3.90. The van der Waals surface area contributed by atoms with Crippen LogP contribution in [0, 0.1) is 19.8 Å². The van der Waals surface area contributed by atoms with Crippen molar-refractivity contribution in [1.82, 2.24) is 15.5 Å². The van der Waals surface area contributed by atoms with E-state index in [0.717, 1.165) is 42.4 Å². The molecule has 0 radical (unpaired) electrons. The number of amides is 3. The van der Waals surface area contributed by atoms with E-state index >= 15 is 0 Å². The van der Waals surface area contributed by atoms with Gasteiger partial charge < -0.3 is 20.3 Å². The van der Waals surface area contributed by atoms with E-state index in [1.165, 1.54) is 0 Å². The molecule has 0 aliphatic rings. The molecule has 0 aliphatic heterocycles. The Morgan fingerprint density at radius 2 is 1.62 bits per heavy atom. The number of ether oxygens (including phenoxy) is 1. The molecule has 0 aromatic heterocycles. The van der Waals surface area contributed by atoms with Crippen molar-refractivity contribution in [3.8, 4) is 0 Å². The van der Waals surface area contributed by atoms with Crippen LogP contribution in [0.4, 0.5) is 4.79 Å². The zero-order valence-corrected chi connectivity index (χ0v) is 24.9. The summed E-state index contributed by atoms with van der Waals surface area (Å²) in [7, 11) is 0. The first kappa shape index (κ1) is 32.5. The van der Waals surface area contributed by atoms with Crippen molar-refractivity contribution >= 4 is 17.9 Å². The van der Waals surface area contributed by atoms with Gasteiger partial charge in [0.05, 0.1) is 0 Å². The molecule has 0 saturated carbocycles. The third-order valence-electron chi connectivity index (χ3n) is 6.62. The molecule has 0 aliphatic carbocycles. The monoisotopic (exact) mass is 517 g/mol. The average Bonchev–Trinajstić information content (AvgIpc) is 2.79. The van der Waals surface area contributed by atoms with Gasteiger partial charge in [0.25, 0.3) is 0 Å². The van der Waals surface area contributed by atoms with Gasteiger partial charge in [0.1, 0.15) is 17.7 Å². The Hall–Kier alpha value is -2.57. The molecule has 0 heterocycles. The zero-order chi connectivity index (χ0) is 28.3. The Morgan fingerprint density at radius 3 is 2.16 bits per heavy atom. The molecule has 3 atom stereocenters. The molecule has 210 valence electrons. The quantitative estimate of drug-likeness (QED) is 0.304. The van der Waals surface area contributed by atoms with E-state index in [1.807, 2.05) is 59.7 Å². The Bertz CT molecular complexity index is 891. The number of nitrogens with zero attached hydrogens (tertiary/aromatic N) is 1. The number of hydrogen-bond acceptors (Lipinski definition) is 4. The zero-order valence-electron chi connectivity index (χ0n) is 24.9. The summed E-state index contributed by atoms with van der Waals surface area (Å²) in [4.78, 5) is 42.4. The van der Waals surface area contributed by atoms with Crippen LogP contribution in [0.3, 0.4) is 0 Å². The first-order valence-electron chi connectivity index (χ1n) is 13.9. The van der Waals surface area contributed by atoms with Gasteiger partial charge in [-0.15, -0.1) is 0 Å². The van der Waals surface area contributed by atoms with E-state index in [9.17, 15) is 14.4 Å². The molecular formula is C30H51N3O4. The maximum atomic E-state index is 14.3. The summed E-state index contributed by atoms with van der Waals surface area (Å²) in [6, 6.07) is 4.17. The van der Waals surface area contributed by atoms with Crippen molar-refractivity contribution < 1.29 is 19.1 Å². The highest BCUT2D eigenvalue weighted by atomic mass is 16.6. The topological polar surface area (TPSA) is 87.7 Å². The molecule has 0 spiro atoms. The summed E-state index contributed by atoms with van der Waals surface area (Å²) in [6.45, 7) is 19.7. The van der Waals surface area contributed by atoms with Gasteiger partial charge in [-0.2, -0.15) is 0 Å². The van der Waals surface area contributed by atoms with Crippen LogP contribution < -0.4 is 10.6 Å². The summed E-state index contributed by atoms with van der Waals surface area (Å²) in [5, 5.41) is 5.87. The second-order valence-corrected chi connectivity index (χ2v) is 11.5. The molecule has 1 aromatic rings. The number of carbonyl (C=O) groups excluding carboxylic acids is 3. The summed E-state index contributed by atoms with van der Waals surface area (Å²) < 4.78 is 5.49. The fourth-order valence-corrected chi connectivity index (χ4v) is 4.26. The van der Waals surface area contributed by atoms with Crippen LogP contribution in [0.15, 0.2) is 18.2 Å². The molecule has 3 unspecified atom stereocenters. The van der Waals surface area contributed by atoms with E-state index in [-0.39, 0.29) is 23.8 Å². The molecule has 0 saturated heterocycles. The number of aryl methyl sites for hydroxylation is 1. The SMILES string of the molecule is CCCCCCN(C(=O)C(NC(=O)OC(C)(C)C)C(C)CC)C(C(=O)NC(C)C)c1cccc(C)c1C. The standard InChI is InChI=1S/C30H51N3O4/c1-11-13-14-15-19-33(28(35)25(21(5)12-2)32-29(36)37-30(8,9)10)26(27(34)31-20(3)4)24-18-16-17-22(6)23(24)7/h16-18,20-21,25-26H,11-15,19H2,1-10H3,(H,31,34)(H,32,36). The predicted octanol–water partition coefficient (Wildman–Crippen LogP) is 6.22. The predicted molar refractivity (Wildman–Crippen MR) is 150 cm³/mol. The Labute approximate surface area is 225 Å². The van der Waals surface area contributed by atoms with Gasteiger partial charge >= 0.3 is 6.09 Å². The van der Waals surface area contributed by atoms with Crippen molar-refractivity contribution in [2.75, 3.05) is 6.54 Å². The van der Waals surface area contributed by atoms with Gasteiger partial charge in [-0.05, 0) is 77.5 Å². The normalized spacial score (nSPS) is 14.0. The molecular weight excluding hydrogens is 466 g/mol. The first-order chi connectivity index (χ1) is 17.2. The summed E-state index contributed by atoms with van der Waals surface area (Å²) in [5.41, 5.74) is 2.16. The summed E-state index contributed by atoms with van der Waals surface area (Å²) >= 11 is 0. The second kappa shape index (κ2) is 15.0. The van der Waals surface area contributed by atoms with E-state index < -0.39 is 23.8 Å².